The Morgan fingerprint density at radius 2 is 1.68 bits per heavy atom. The van der Waals surface area contributed by atoms with E-state index in [1.54, 1.807) is 30.3 Å². The molecule has 0 N–H and O–H groups in total. The van der Waals surface area contributed by atoms with E-state index in [9.17, 15) is 18.0 Å². The van der Waals surface area contributed by atoms with E-state index in [-0.39, 0.29) is 18.0 Å². The molecule has 133 valence electrons. The summed E-state index contributed by atoms with van der Waals surface area (Å²) in [6.45, 7) is 3.83. The van der Waals surface area contributed by atoms with Crippen LogP contribution in [0.25, 0.3) is 0 Å². The van der Waals surface area contributed by atoms with Crippen LogP contribution in [0, 0.1) is 24.4 Å². The van der Waals surface area contributed by atoms with Gasteiger partial charge in [-0.25, -0.2) is 18.0 Å². The van der Waals surface area contributed by atoms with Crippen molar-refractivity contribution >= 4 is 11.8 Å². The fourth-order valence-corrected chi connectivity index (χ4v) is 1.95. The summed E-state index contributed by atoms with van der Waals surface area (Å²) in [4.78, 5) is 17.5. The zero-order chi connectivity index (χ0) is 18.2. The molecule has 0 atom stereocenters. The number of rotatable bonds is 7. The third-order valence-corrected chi connectivity index (χ3v) is 3.18. The van der Waals surface area contributed by atoms with Gasteiger partial charge in [0.05, 0.1) is 12.3 Å². The Morgan fingerprint density at radius 1 is 1.04 bits per heavy atom. The predicted molar refractivity (Wildman–Crippen MR) is 86.4 cm³/mol. The van der Waals surface area contributed by atoms with Crippen molar-refractivity contribution in [1.82, 2.24) is 0 Å². The van der Waals surface area contributed by atoms with Crippen LogP contribution in [0.5, 0.6) is 5.75 Å². The van der Waals surface area contributed by atoms with Crippen molar-refractivity contribution in [2.45, 2.75) is 19.3 Å². The van der Waals surface area contributed by atoms with E-state index in [0.29, 0.717) is 25.0 Å². The van der Waals surface area contributed by atoms with Gasteiger partial charge in [-0.15, -0.1) is 5.06 Å². The maximum absolute atomic E-state index is 13.3. The largest absolute Gasteiger partial charge is 0.448 e. The minimum Gasteiger partial charge on any atom is -0.447 e. The van der Waals surface area contributed by atoms with Crippen LogP contribution >= 0.6 is 0 Å². The van der Waals surface area contributed by atoms with Crippen molar-refractivity contribution in [2.24, 2.45) is 0 Å². The smallest absolute Gasteiger partial charge is 0.447 e. The third kappa shape index (κ3) is 5.14. The summed E-state index contributed by atoms with van der Waals surface area (Å²) < 4.78 is 44.8. The summed E-state index contributed by atoms with van der Waals surface area (Å²) in [6.07, 6.45) is 1.26. The van der Waals surface area contributed by atoms with Crippen LogP contribution in [0.4, 0.5) is 23.7 Å². The van der Waals surface area contributed by atoms with Crippen molar-refractivity contribution in [2.75, 3.05) is 11.7 Å². The highest BCUT2D eigenvalue weighted by Crippen LogP contribution is 2.23. The average molecular weight is 352 g/mol. The van der Waals surface area contributed by atoms with E-state index in [1.807, 2.05) is 0 Å². The number of nitrogens with zero attached hydrogens (tertiary/aromatic N) is 1. The molecule has 0 aromatic heterocycles. The van der Waals surface area contributed by atoms with Crippen LogP contribution in [-0.4, -0.2) is 12.7 Å². The number of para-hydroxylation sites is 1. The van der Waals surface area contributed by atoms with Crippen LogP contribution in [-0.2, 0) is 4.74 Å². The number of halogens is 3. The SMILES string of the molecule is [CH2]CCCCOC(=O)N(Oc1cc(F)c(F)c(F)c1)c1ccccc1. The molecular weight excluding hydrogens is 335 g/mol. The number of hydrogen-bond acceptors (Lipinski definition) is 3. The zero-order valence-corrected chi connectivity index (χ0v) is 13.4. The fourth-order valence-electron chi connectivity index (χ4n) is 1.95. The van der Waals surface area contributed by atoms with Crippen molar-refractivity contribution < 1.29 is 27.5 Å². The molecule has 2 aromatic carbocycles. The second-order valence-corrected chi connectivity index (χ2v) is 5.10. The lowest BCUT2D eigenvalue weighted by atomic mass is 10.3. The highest BCUT2D eigenvalue weighted by molar-refractivity contribution is 5.85. The fraction of sp³-hybridized carbons (Fsp3) is 0.222. The Kier molecular flexibility index (Phi) is 6.68. The minimum atomic E-state index is -1.62. The highest BCUT2D eigenvalue weighted by atomic mass is 19.2. The molecule has 0 saturated carbocycles. The number of benzene rings is 2. The number of carbonyl (C=O) groups is 1. The van der Waals surface area contributed by atoms with Crippen molar-refractivity contribution in [3.8, 4) is 5.75 Å². The van der Waals surface area contributed by atoms with Gasteiger partial charge in [0.25, 0.3) is 0 Å². The average Bonchev–Trinajstić information content (AvgIpc) is 2.61. The number of carbonyl (C=O) groups excluding carboxylic acids is 1. The number of ether oxygens (including phenoxy) is 1. The first-order valence-electron chi connectivity index (χ1n) is 7.66. The molecule has 0 aliphatic carbocycles. The molecule has 0 saturated heterocycles. The molecule has 1 radical (unpaired) electrons. The van der Waals surface area contributed by atoms with Gasteiger partial charge in [-0.3, -0.25) is 0 Å². The third-order valence-electron chi connectivity index (χ3n) is 3.18. The molecule has 4 nitrogen and oxygen atoms in total. The van der Waals surface area contributed by atoms with Gasteiger partial charge in [0.2, 0.25) is 0 Å². The first kappa shape index (κ1) is 18.6. The summed E-state index contributed by atoms with van der Waals surface area (Å²) in [6, 6.07) is 9.40. The lowest BCUT2D eigenvalue weighted by Crippen LogP contribution is -2.35. The topological polar surface area (TPSA) is 38.8 Å². The number of unbranched alkanes of at least 4 members (excludes halogenated alkanes) is 2. The Labute approximate surface area is 143 Å². The van der Waals surface area contributed by atoms with Gasteiger partial charge in [0, 0.05) is 12.1 Å². The Balaban J connectivity index is 2.19. The highest BCUT2D eigenvalue weighted by Gasteiger charge is 2.21. The Bertz CT molecular complexity index is 687. The van der Waals surface area contributed by atoms with Gasteiger partial charge in [0.15, 0.2) is 23.2 Å². The van der Waals surface area contributed by atoms with Gasteiger partial charge in [-0.2, -0.15) is 0 Å². The molecule has 1 amide bonds. The maximum Gasteiger partial charge on any atom is 0.448 e. The predicted octanol–water partition coefficient (Wildman–Crippen LogP) is 5.05. The molecule has 0 fully saturated rings. The normalized spacial score (nSPS) is 10.4. The number of hydrogen-bond donors (Lipinski definition) is 0. The van der Waals surface area contributed by atoms with Crippen LogP contribution in [0.15, 0.2) is 42.5 Å². The molecule has 25 heavy (non-hydrogen) atoms. The first-order valence-corrected chi connectivity index (χ1v) is 7.66. The Morgan fingerprint density at radius 3 is 2.28 bits per heavy atom. The van der Waals surface area contributed by atoms with Gasteiger partial charge in [-0.1, -0.05) is 38.0 Å². The lowest BCUT2D eigenvalue weighted by molar-refractivity contribution is 0.124. The van der Waals surface area contributed by atoms with Crippen LogP contribution in [0.1, 0.15) is 19.3 Å². The summed E-state index contributed by atoms with van der Waals surface area (Å²) in [5.41, 5.74) is 0.287. The van der Waals surface area contributed by atoms with E-state index in [1.165, 1.54) is 0 Å². The second-order valence-electron chi connectivity index (χ2n) is 5.10. The summed E-state index contributed by atoms with van der Waals surface area (Å²) in [7, 11) is 0. The summed E-state index contributed by atoms with van der Waals surface area (Å²) in [5.74, 6) is -4.84. The monoisotopic (exact) mass is 352 g/mol. The van der Waals surface area contributed by atoms with Crippen molar-refractivity contribution in [3.05, 3.63) is 66.8 Å². The Hall–Kier alpha value is -2.70. The van der Waals surface area contributed by atoms with Gasteiger partial charge in [-0.05, 0) is 18.6 Å². The number of amides is 1. The van der Waals surface area contributed by atoms with E-state index in [0.717, 1.165) is 11.5 Å². The molecule has 2 rings (SSSR count). The van der Waals surface area contributed by atoms with Crippen LogP contribution in [0.2, 0.25) is 0 Å². The summed E-state index contributed by atoms with van der Waals surface area (Å²) >= 11 is 0. The van der Waals surface area contributed by atoms with Crippen molar-refractivity contribution in [1.29, 1.82) is 0 Å². The molecule has 2 aromatic rings. The van der Waals surface area contributed by atoms with E-state index in [2.05, 4.69) is 6.92 Å². The van der Waals surface area contributed by atoms with Crippen LogP contribution < -0.4 is 9.90 Å². The molecule has 0 bridgehead atoms. The quantitative estimate of drug-likeness (QED) is 0.398. The molecule has 0 heterocycles. The van der Waals surface area contributed by atoms with Crippen molar-refractivity contribution in [3.63, 3.8) is 0 Å². The second kappa shape index (κ2) is 8.96. The first-order chi connectivity index (χ1) is 12.0. The molecule has 0 spiro atoms. The van der Waals surface area contributed by atoms with Gasteiger partial charge >= 0.3 is 6.09 Å². The van der Waals surface area contributed by atoms with E-state index < -0.39 is 23.5 Å². The van der Waals surface area contributed by atoms with Gasteiger partial charge in [0.1, 0.15) is 0 Å². The molecule has 7 heteroatoms. The standard InChI is InChI=1S/C18H17F3NO3/c1-2-3-7-10-24-18(23)22(13-8-5-4-6-9-13)25-14-11-15(19)17(21)16(20)12-14/h4-6,8-9,11-12H,1-3,7,10H2. The van der Waals surface area contributed by atoms with Crippen LogP contribution in [0.3, 0.4) is 0 Å². The molecule has 0 aliphatic heterocycles. The molecule has 0 aliphatic rings. The lowest BCUT2D eigenvalue weighted by Gasteiger charge is -2.22. The molecule has 0 unspecified atom stereocenters. The number of hydroxylamine groups is 1. The minimum absolute atomic E-state index is 0.146. The van der Waals surface area contributed by atoms with E-state index in [4.69, 9.17) is 9.57 Å². The molecular formula is C18H17F3NO3. The van der Waals surface area contributed by atoms with E-state index >= 15 is 0 Å². The van der Waals surface area contributed by atoms with Gasteiger partial charge < -0.3 is 9.57 Å². The maximum atomic E-state index is 13.3. The zero-order valence-electron chi connectivity index (χ0n) is 13.4. The number of anilines is 1. The summed E-state index contributed by atoms with van der Waals surface area (Å²) in [5, 5.41) is 0.746.